The lowest BCUT2D eigenvalue weighted by Gasteiger charge is -2.21. The minimum atomic E-state index is -0.00834. The number of hydrogen-bond donors (Lipinski definition) is 0. The summed E-state index contributed by atoms with van der Waals surface area (Å²) >= 11 is 3.66. The van der Waals surface area contributed by atoms with Gasteiger partial charge in [0.05, 0.1) is 6.61 Å². The summed E-state index contributed by atoms with van der Waals surface area (Å²) in [7, 11) is 0. The molecule has 4 rings (SSSR count). The van der Waals surface area contributed by atoms with Gasteiger partial charge in [-0.2, -0.15) is 0 Å². The van der Waals surface area contributed by atoms with E-state index in [1.807, 2.05) is 77.3 Å². The second kappa shape index (κ2) is 13.6. The highest BCUT2D eigenvalue weighted by molar-refractivity contribution is 9.10. The molecule has 0 unspecified atom stereocenters. The maximum atomic E-state index is 13.8. The molecule has 0 bridgehead atoms. The van der Waals surface area contributed by atoms with Crippen molar-refractivity contribution in [2.24, 2.45) is 0 Å². The summed E-state index contributed by atoms with van der Waals surface area (Å²) < 4.78 is 8.96. The van der Waals surface area contributed by atoms with Crippen molar-refractivity contribution in [3.8, 4) is 16.9 Å². The van der Waals surface area contributed by atoms with Crippen LogP contribution in [0.2, 0.25) is 0 Å². The highest BCUT2D eigenvalue weighted by Crippen LogP contribution is 2.34. The average molecular weight is 562 g/mol. The van der Waals surface area contributed by atoms with Crippen LogP contribution < -0.4 is 4.74 Å². The van der Waals surface area contributed by atoms with Crippen molar-refractivity contribution >= 4 is 27.2 Å². The van der Waals surface area contributed by atoms with E-state index in [0.29, 0.717) is 17.9 Å². The third kappa shape index (κ3) is 6.91. The third-order valence-corrected chi connectivity index (χ3v) is 7.41. The van der Waals surface area contributed by atoms with Gasteiger partial charge in [0.15, 0.2) is 0 Å². The number of aromatic nitrogens is 1. The number of hydrogen-bond acceptors (Lipinski definition) is 3. The molecule has 0 amide bonds. The number of halogens is 1. The fraction of sp³-hybridized carbons (Fsp3) is 0.344. The number of carbonyl (C=O) groups is 1. The van der Waals surface area contributed by atoms with E-state index in [9.17, 15) is 4.79 Å². The van der Waals surface area contributed by atoms with Crippen LogP contribution in [-0.2, 0) is 0 Å². The van der Waals surface area contributed by atoms with Crippen LogP contribution in [0, 0.1) is 0 Å². The first-order valence-electron chi connectivity index (χ1n) is 13.5. The first-order chi connectivity index (χ1) is 18.1. The Balaban J connectivity index is 1.45. The Hall–Kier alpha value is -2.89. The van der Waals surface area contributed by atoms with Crippen molar-refractivity contribution < 1.29 is 9.53 Å². The number of fused-ring (bicyclic) bond motifs is 1. The monoisotopic (exact) mass is 560 g/mol. The van der Waals surface area contributed by atoms with E-state index in [-0.39, 0.29) is 5.78 Å². The Labute approximate surface area is 229 Å². The van der Waals surface area contributed by atoms with Gasteiger partial charge in [-0.1, -0.05) is 66.9 Å². The van der Waals surface area contributed by atoms with Crippen molar-refractivity contribution in [1.82, 2.24) is 9.30 Å². The largest absolute Gasteiger partial charge is 0.494 e. The van der Waals surface area contributed by atoms with E-state index >= 15 is 0 Å². The zero-order valence-electron chi connectivity index (χ0n) is 22.0. The van der Waals surface area contributed by atoms with E-state index in [2.05, 4.69) is 40.7 Å². The first-order valence-corrected chi connectivity index (χ1v) is 14.3. The summed E-state index contributed by atoms with van der Waals surface area (Å²) in [5, 5.41) is 0. The molecule has 0 atom stereocenters. The molecule has 0 fully saturated rings. The van der Waals surface area contributed by atoms with Gasteiger partial charge in [-0.15, -0.1) is 0 Å². The molecular weight excluding hydrogens is 524 g/mol. The van der Waals surface area contributed by atoms with E-state index in [1.165, 1.54) is 38.8 Å². The summed E-state index contributed by atoms with van der Waals surface area (Å²) in [6.45, 7) is 8.57. The van der Waals surface area contributed by atoms with E-state index in [0.717, 1.165) is 39.8 Å². The minimum Gasteiger partial charge on any atom is -0.494 e. The van der Waals surface area contributed by atoms with Crippen LogP contribution in [-0.4, -0.2) is 41.3 Å². The highest BCUT2D eigenvalue weighted by Gasteiger charge is 2.21. The Morgan fingerprint density at radius 3 is 2.22 bits per heavy atom. The van der Waals surface area contributed by atoms with Gasteiger partial charge in [-0.05, 0) is 86.4 Å². The SMILES string of the molecule is CCCCN(CCCC)CCCOc1ccc(C(=O)c2c(-c3ccccc3Br)cc3ccccn23)cc1. The molecule has 2 aromatic carbocycles. The van der Waals surface area contributed by atoms with Gasteiger partial charge < -0.3 is 14.0 Å². The van der Waals surface area contributed by atoms with E-state index in [1.54, 1.807) is 0 Å². The second-order valence-electron chi connectivity index (χ2n) is 9.49. The Morgan fingerprint density at radius 1 is 0.838 bits per heavy atom. The summed E-state index contributed by atoms with van der Waals surface area (Å²) in [6, 6.07) is 23.6. The van der Waals surface area contributed by atoms with Crippen molar-refractivity contribution in [3.63, 3.8) is 0 Å². The molecule has 194 valence electrons. The van der Waals surface area contributed by atoms with Gasteiger partial charge in [0, 0.05) is 33.9 Å². The second-order valence-corrected chi connectivity index (χ2v) is 10.3. The van der Waals surface area contributed by atoms with Crippen LogP contribution in [0.4, 0.5) is 0 Å². The number of rotatable bonds is 14. The molecular formula is C32H37BrN2O2. The lowest BCUT2D eigenvalue weighted by molar-refractivity contribution is 0.103. The fourth-order valence-electron chi connectivity index (χ4n) is 4.66. The number of unbranched alkanes of at least 4 members (excludes halogenated alkanes) is 2. The number of pyridine rings is 1. The third-order valence-electron chi connectivity index (χ3n) is 6.72. The van der Waals surface area contributed by atoms with Crippen molar-refractivity contribution in [2.75, 3.05) is 26.2 Å². The normalized spacial score (nSPS) is 11.4. The molecule has 2 heterocycles. The molecule has 4 nitrogen and oxygen atoms in total. The van der Waals surface area contributed by atoms with Crippen LogP contribution in [0.15, 0.2) is 83.5 Å². The molecule has 5 heteroatoms. The zero-order chi connectivity index (χ0) is 26.0. The van der Waals surface area contributed by atoms with Gasteiger partial charge in [0.1, 0.15) is 11.4 Å². The summed E-state index contributed by atoms with van der Waals surface area (Å²) in [4.78, 5) is 16.3. The van der Waals surface area contributed by atoms with Gasteiger partial charge in [0.25, 0.3) is 0 Å². The molecule has 0 aliphatic heterocycles. The molecule has 0 aliphatic carbocycles. The molecule has 0 spiro atoms. The maximum absolute atomic E-state index is 13.8. The Morgan fingerprint density at radius 2 is 1.51 bits per heavy atom. The first kappa shape index (κ1) is 27.2. The van der Waals surface area contributed by atoms with Crippen LogP contribution in [0.3, 0.4) is 0 Å². The van der Waals surface area contributed by atoms with Crippen LogP contribution in [0.5, 0.6) is 5.75 Å². The van der Waals surface area contributed by atoms with Gasteiger partial charge >= 0.3 is 0 Å². The molecule has 4 aromatic rings. The predicted molar refractivity (Wildman–Crippen MR) is 157 cm³/mol. The number of ketones is 1. The zero-order valence-corrected chi connectivity index (χ0v) is 23.5. The topological polar surface area (TPSA) is 34.0 Å². The van der Waals surface area contributed by atoms with Crippen LogP contribution in [0.25, 0.3) is 16.6 Å². The average Bonchev–Trinajstić information content (AvgIpc) is 3.31. The highest BCUT2D eigenvalue weighted by atomic mass is 79.9. The molecule has 0 aliphatic rings. The smallest absolute Gasteiger partial charge is 0.210 e. The Bertz CT molecular complexity index is 1290. The van der Waals surface area contributed by atoms with Gasteiger partial charge in [-0.3, -0.25) is 4.79 Å². The summed E-state index contributed by atoms with van der Waals surface area (Å²) in [6.07, 6.45) is 7.91. The molecule has 0 radical (unpaired) electrons. The van der Waals surface area contributed by atoms with Crippen LogP contribution in [0.1, 0.15) is 62.0 Å². The summed E-state index contributed by atoms with van der Waals surface area (Å²) in [5.41, 5.74) is 4.22. The molecule has 2 aromatic heterocycles. The van der Waals surface area contributed by atoms with Crippen molar-refractivity contribution in [1.29, 1.82) is 0 Å². The fourth-order valence-corrected chi connectivity index (χ4v) is 5.15. The molecule has 0 N–H and O–H groups in total. The number of carbonyl (C=O) groups excluding carboxylic acids is 1. The standard InChI is InChI=1S/C32H37BrN2O2/c1-3-5-19-34(20-6-4-2)21-11-23-37-27-17-15-25(16-18-27)32(36)31-29(28-13-7-8-14-30(28)33)24-26-12-9-10-22-35(26)31/h7-10,12-18,22,24H,3-6,11,19-21,23H2,1-2H3. The number of nitrogens with zero attached hydrogens (tertiary/aromatic N) is 2. The minimum absolute atomic E-state index is 0.00834. The quantitative estimate of drug-likeness (QED) is 0.115. The maximum Gasteiger partial charge on any atom is 0.210 e. The van der Waals surface area contributed by atoms with Gasteiger partial charge in [-0.25, -0.2) is 0 Å². The molecule has 0 saturated heterocycles. The lowest BCUT2D eigenvalue weighted by atomic mass is 10.0. The molecule has 0 saturated carbocycles. The van der Waals surface area contributed by atoms with E-state index < -0.39 is 0 Å². The number of benzene rings is 2. The Kier molecular flexibility index (Phi) is 9.98. The molecule has 37 heavy (non-hydrogen) atoms. The van der Waals surface area contributed by atoms with Gasteiger partial charge in [0.2, 0.25) is 5.78 Å². The van der Waals surface area contributed by atoms with Crippen molar-refractivity contribution in [3.05, 3.63) is 94.7 Å². The van der Waals surface area contributed by atoms with E-state index in [4.69, 9.17) is 4.74 Å². The predicted octanol–water partition coefficient (Wildman–Crippen LogP) is 8.27. The number of ether oxygens (including phenoxy) is 1. The van der Waals surface area contributed by atoms with Crippen molar-refractivity contribution in [2.45, 2.75) is 46.0 Å². The lowest BCUT2D eigenvalue weighted by Crippen LogP contribution is -2.28. The summed E-state index contributed by atoms with van der Waals surface area (Å²) in [5.74, 6) is 0.794. The van der Waals surface area contributed by atoms with Crippen LogP contribution >= 0.6 is 15.9 Å².